The minimum atomic E-state index is 0.417. The number of benzene rings is 1. The van der Waals surface area contributed by atoms with E-state index in [1.165, 1.54) is 10.4 Å². The van der Waals surface area contributed by atoms with Crippen molar-refractivity contribution >= 4 is 11.3 Å². The first kappa shape index (κ1) is 16.0. The summed E-state index contributed by atoms with van der Waals surface area (Å²) >= 11 is 1.81. The molecule has 1 N–H and O–H groups in total. The molecular formula is C17H24N2OS. The second-order valence-electron chi connectivity index (χ2n) is 5.21. The molecule has 2 rings (SSSR count). The van der Waals surface area contributed by atoms with Crippen molar-refractivity contribution in [1.82, 2.24) is 10.2 Å². The number of hydrogen-bond donors (Lipinski definition) is 1. The SMILES string of the molecule is CCOc1cccc(CNCC(c2cccs2)N(C)C)c1. The average Bonchev–Trinajstić information content (AvgIpc) is 2.98. The molecular weight excluding hydrogens is 280 g/mol. The molecule has 0 aliphatic heterocycles. The normalized spacial score (nSPS) is 12.6. The van der Waals surface area contributed by atoms with Gasteiger partial charge in [0.15, 0.2) is 0 Å². The molecule has 0 radical (unpaired) electrons. The monoisotopic (exact) mass is 304 g/mol. The molecule has 21 heavy (non-hydrogen) atoms. The highest BCUT2D eigenvalue weighted by Gasteiger charge is 2.14. The van der Waals surface area contributed by atoms with E-state index in [4.69, 9.17) is 4.74 Å². The minimum absolute atomic E-state index is 0.417. The van der Waals surface area contributed by atoms with Crippen LogP contribution in [0.2, 0.25) is 0 Å². The Morgan fingerprint density at radius 2 is 2.10 bits per heavy atom. The van der Waals surface area contributed by atoms with E-state index >= 15 is 0 Å². The number of rotatable bonds is 8. The smallest absolute Gasteiger partial charge is 0.119 e. The van der Waals surface area contributed by atoms with Crippen molar-refractivity contribution < 1.29 is 4.74 Å². The van der Waals surface area contributed by atoms with Crippen LogP contribution in [0.25, 0.3) is 0 Å². The van der Waals surface area contributed by atoms with Crippen LogP contribution < -0.4 is 10.1 Å². The van der Waals surface area contributed by atoms with Crippen molar-refractivity contribution in [3.63, 3.8) is 0 Å². The lowest BCUT2D eigenvalue weighted by atomic mass is 10.2. The molecule has 1 heterocycles. The van der Waals surface area contributed by atoms with E-state index in [1.807, 2.05) is 30.4 Å². The van der Waals surface area contributed by atoms with E-state index in [0.29, 0.717) is 12.6 Å². The number of nitrogens with one attached hydrogen (secondary N) is 1. The summed E-state index contributed by atoms with van der Waals surface area (Å²) in [6, 6.07) is 13.0. The summed E-state index contributed by atoms with van der Waals surface area (Å²) in [6.45, 7) is 4.51. The van der Waals surface area contributed by atoms with Crippen LogP contribution in [-0.4, -0.2) is 32.1 Å². The van der Waals surface area contributed by atoms with Crippen molar-refractivity contribution in [1.29, 1.82) is 0 Å². The Morgan fingerprint density at radius 1 is 1.24 bits per heavy atom. The summed E-state index contributed by atoms with van der Waals surface area (Å²) < 4.78 is 5.54. The largest absolute Gasteiger partial charge is 0.494 e. The molecule has 114 valence electrons. The van der Waals surface area contributed by atoms with E-state index < -0.39 is 0 Å². The molecule has 3 nitrogen and oxygen atoms in total. The third-order valence-corrected chi connectivity index (χ3v) is 4.34. The number of likely N-dealkylation sites (N-methyl/N-ethyl adjacent to an activating group) is 1. The van der Waals surface area contributed by atoms with E-state index in [2.05, 4.69) is 54.0 Å². The molecule has 0 aliphatic rings. The van der Waals surface area contributed by atoms with E-state index in [0.717, 1.165) is 18.8 Å². The summed E-state index contributed by atoms with van der Waals surface area (Å²) in [5.74, 6) is 0.944. The molecule has 2 aromatic rings. The highest BCUT2D eigenvalue weighted by atomic mass is 32.1. The molecule has 0 saturated carbocycles. The summed E-state index contributed by atoms with van der Waals surface area (Å²) in [6.07, 6.45) is 0. The molecule has 0 saturated heterocycles. The van der Waals surface area contributed by atoms with Gasteiger partial charge < -0.3 is 15.0 Å². The van der Waals surface area contributed by atoms with Gasteiger partial charge in [-0.05, 0) is 50.2 Å². The number of thiophene rings is 1. The number of hydrogen-bond acceptors (Lipinski definition) is 4. The van der Waals surface area contributed by atoms with Crippen molar-refractivity contribution in [2.75, 3.05) is 27.2 Å². The molecule has 4 heteroatoms. The zero-order valence-corrected chi connectivity index (χ0v) is 13.8. The Kier molecular flexibility index (Phi) is 6.23. The van der Waals surface area contributed by atoms with Gasteiger partial charge in [-0.15, -0.1) is 11.3 Å². The third kappa shape index (κ3) is 4.84. The van der Waals surface area contributed by atoms with Gasteiger partial charge in [0.1, 0.15) is 5.75 Å². The Labute approximate surface area is 131 Å². The molecule has 0 bridgehead atoms. The zero-order chi connectivity index (χ0) is 15.1. The standard InChI is InChI=1S/C17H24N2OS/c1-4-20-15-8-5-7-14(11-15)12-18-13-16(19(2)3)17-9-6-10-21-17/h5-11,16,18H,4,12-13H2,1-3H3. The Bertz CT molecular complexity index is 525. The predicted octanol–water partition coefficient (Wildman–Crippen LogP) is 3.54. The third-order valence-electron chi connectivity index (χ3n) is 3.37. The number of nitrogens with zero attached hydrogens (tertiary/aromatic N) is 1. The average molecular weight is 304 g/mol. The molecule has 0 fully saturated rings. The lowest BCUT2D eigenvalue weighted by molar-refractivity contribution is 0.292. The van der Waals surface area contributed by atoms with Gasteiger partial charge in [-0.1, -0.05) is 18.2 Å². The van der Waals surface area contributed by atoms with Crippen LogP contribution in [0.15, 0.2) is 41.8 Å². The van der Waals surface area contributed by atoms with Gasteiger partial charge in [0.25, 0.3) is 0 Å². The second kappa shape index (κ2) is 8.17. The summed E-state index contributed by atoms with van der Waals surface area (Å²) in [7, 11) is 4.25. The molecule has 0 spiro atoms. The Hall–Kier alpha value is -1.36. The Morgan fingerprint density at radius 3 is 2.76 bits per heavy atom. The molecule has 1 unspecified atom stereocenters. The van der Waals surface area contributed by atoms with Gasteiger partial charge in [-0.3, -0.25) is 0 Å². The molecule has 1 atom stereocenters. The maximum absolute atomic E-state index is 5.54. The van der Waals surface area contributed by atoms with Gasteiger partial charge in [-0.2, -0.15) is 0 Å². The maximum atomic E-state index is 5.54. The van der Waals surface area contributed by atoms with E-state index in [9.17, 15) is 0 Å². The van der Waals surface area contributed by atoms with E-state index in [-0.39, 0.29) is 0 Å². The second-order valence-corrected chi connectivity index (χ2v) is 6.19. The molecule has 0 aliphatic carbocycles. The predicted molar refractivity (Wildman–Crippen MR) is 90.1 cm³/mol. The lowest BCUT2D eigenvalue weighted by Gasteiger charge is -2.23. The zero-order valence-electron chi connectivity index (χ0n) is 13.0. The van der Waals surface area contributed by atoms with E-state index in [1.54, 1.807) is 0 Å². The topological polar surface area (TPSA) is 24.5 Å². The first-order chi connectivity index (χ1) is 10.2. The van der Waals surface area contributed by atoms with Crippen LogP contribution in [0.5, 0.6) is 5.75 Å². The van der Waals surface area contributed by atoms with Crippen molar-refractivity contribution in [2.24, 2.45) is 0 Å². The highest BCUT2D eigenvalue weighted by Crippen LogP contribution is 2.22. The van der Waals surface area contributed by atoms with Crippen molar-refractivity contribution in [3.8, 4) is 5.75 Å². The molecule has 1 aromatic carbocycles. The summed E-state index contributed by atoms with van der Waals surface area (Å²) in [5, 5.41) is 5.69. The van der Waals surface area contributed by atoms with Crippen molar-refractivity contribution in [2.45, 2.75) is 19.5 Å². The number of ether oxygens (including phenoxy) is 1. The first-order valence-electron chi connectivity index (χ1n) is 7.33. The van der Waals surface area contributed by atoms with Gasteiger partial charge >= 0.3 is 0 Å². The first-order valence-corrected chi connectivity index (χ1v) is 8.21. The minimum Gasteiger partial charge on any atom is -0.494 e. The molecule has 1 aromatic heterocycles. The Balaban J connectivity index is 1.89. The molecule has 0 amide bonds. The fourth-order valence-corrected chi connectivity index (χ4v) is 3.21. The highest BCUT2D eigenvalue weighted by molar-refractivity contribution is 7.10. The van der Waals surface area contributed by atoms with Crippen LogP contribution in [0.1, 0.15) is 23.4 Å². The van der Waals surface area contributed by atoms with Crippen molar-refractivity contribution in [3.05, 3.63) is 52.2 Å². The van der Waals surface area contributed by atoms with Crippen LogP contribution >= 0.6 is 11.3 Å². The van der Waals surface area contributed by atoms with Gasteiger partial charge in [0, 0.05) is 18.0 Å². The van der Waals surface area contributed by atoms with Gasteiger partial charge in [0.05, 0.1) is 12.6 Å². The van der Waals surface area contributed by atoms with Crippen LogP contribution in [-0.2, 0) is 6.54 Å². The lowest BCUT2D eigenvalue weighted by Crippen LogP contribution is -2.30. The van der Waals surface area contributed by atoms with Gasteiger partial charge in [0.2, 0.25) is 0 Å². The fraction of sp³-hybridized carbons (Fsp3) is 0.412. The van der Waals surface area contributed by atoms with Crippen LogP contribution in [0, 0.1) is 0 Å². The summed E-state index contributed by atoms with van der Waals surface area (Å²) in [5.41, 5.74) is 1.25. The maximum Gasteiger partial charge on any atom is 0.119 e. The van der Waals surface area contributed by atoms with Crippen LogP contribution in [0.3, 0.4) is 0 Å². The fourth-order valence-electron chi connectivity index (χ4n) is 2.28. The quantitative estimate of drug-likeness (QED) is 0.807. The van der Waals surface area contributed by atoms with Crippen LogP contribution in [0.4, 0.5) is 0 Å². The van der Waals surface area contributed by atoms with Gasteiger partial charge in [-0.25, -0.2) is 0 Å². The summed E-state index contributed by atoms with van der Waals surface area (Å²) in [4.78, 5) is 3.66.